The number of hydrogen-bond acceptors (Lipinski definition) is 4. The Morgan fingerprint density at radius 2 is 2.05 bits per heavy atom. The van der Waals surface area contributed by atoms with Crippen molar-refractivity contribution >= 4 is 28.9 Å². The average molecular weight is 281 g/mol. The van der Waals surface area contributed by atoms with Gasteiger partial charge in [-0.3, -0.25) is 4.98 Å². The van der Waals surface area contributed by atoms with E-state index in [2.05, 4.69) is 27.5 Å². The molecule has 0 amide bonds. The summed E-state index contributed by atoms with van der Waals surface area (Å²) >= 11 is 5.83. The zero-order valence-corrected chi connectivity index (χ0v) is 11.2. The summed E-state index contributed by atoms with van der Waals surface area (Å²) in [5.41, 5.74) is 0.273. The van der Waals surface area contributed by atoms with Crippen molar-refractivity contribution < 1.29 is 4.39 Å². The normalized spacial score (nSPS) is 10.3. The molecule has 0 unspecified atom stereocenters. The monoisotopic (exact) mass is 280 g/mol. The smallest absolute Gasteiger partial charge is 0.151 e. The maximum atomic E-state index is 13.6. The van der Waals surface area contributed by atoms with E-state index >= 15 is 0 Å². The number of hydrogen-bond donors (Lipinski definition) is 2. The third kappa shape index (κ3) is 3.79. The van der Waals surface area contributed by atoms with E-state index in [0.29, 0.717) is 16.7 Å². The number of halogens is 2. The molecule has 2 N–H and O–H groups in total. The van der Waals surface area contributed by atoms with Crippen LogP contribution in [0.2, 0.25) is 5.02 Å². The predicted molar refractivity (Wildman–Crippen MR) is 75.5 cm³/mol. The highest BCUT2D eigenvalue weighted by Gasteiger charge is 2.05. The molecule has 0 bridgehead atoms. The molecule has 6 heteroatoms. The van der Waals surface area contributed by atoms with Crippen molar-refractivity contribution in [1.82, 2.24) is 9.97 Å². The lowest BCUT2D eigenvalue weighted by Gasteiger charge is -2.09. The maximum Gasteiger partial charge on any atom is 0.151 e. The summed E-state index contributed by atoms with van der Waals surface area (Å²) in [4.78, 5) is 8.32. The van der Waals surface area contributed by atoms with Gasteiger partial charge >= 0.3 is 0 Å². The fourth-order valence-electron chi connectivity index (χ4n) is 1.50. The van der Waals surface area contributed by atoms with E-state index in [4.69, 9.17) is 11.6 Å². The summed E-state index contributed by atoms with van der Waals surface area (Å²) in [7, 11) is 0. The number of rotatable bonds is 5. The molecule has 0 saturated carbocycles. The zero-order valence-electron chi connectivity index (χ0n) is 10.5. The molecule has 1 aromatic carbocycles. The number of nitrogens with one attached hydrogen (secondary N) is 2. The lowest BCUT2D eigenvalue weighted by molar-refractivity contribution is 0.632. The number of nitrogens with zero attached hydrogens (tertiary/aromatic N) is 2. The fourth-order valence-corrected chi connectivity index (χ4v) is 1.67. The maximum absolute atomic E-state index is 13.6. The van der Waals surface area contributed by atoms with Crippen LogP contribution in [0.4, 0.5) is 21.7 Å². The first-order chi connectivity index (χ1) is 9.19. The molecule has 1 heterocycles. The Hall–Kier alpha value is -1.88. The minimum absolute atomic E-state index is 0.273. The molecule has 4 nitrogen and oxygen atoms in total. The zero-order chi connectivity index (χ0) is 13.7. The second-order valence-corrected chi connectivity index (χ2v) is 4.40. The summed E-state index contributed by atoms with van der Waals surface area (Å²) in [6, 6.07) is 4.30. The molecule has 1 aromatic heterocycles. The summed E-state index contributed by atoms with van der Waals surface area (Å²) in [5, 5.41) is 6.43. The van der Waals surface area contributed by atoms with Crippen molar-refractivity contribution in [3.05, 3.63) is 41.4 Å². The Bertz CT molecular complexity index is 562. The highest BCUT2D eigenvalue weighted by Crippen LogP contribution is 2.22. The first kappa shape index (κ1) is 13.5. The van der Waals surface area contributed by atoms with Crippen LogP contribution in [0.3, 0.4) is 0 Å². The van der Waals surface area contributed by atoms with Gasteiger partial charge in [-0.05, 0) is 24.6 Å². The van der Waals surface area contributed by atoms with Gasteiger partial charge in [-0.2, -0.15) is 0 Å². The van der Waals surface area contributed by atoms with Crippen molar-refractivity contribution in [3.8, 4) is 0 Å². The molecule has 0 fully saturated rings. The number of benzene rings is 1. The lowest BCUT2D eigenvalue weighted by Crippen LogP contribution is -2.04. The Morgan fingerprint density at radius 3 is 2.84 bits per heavy atom. The van der Waals surface area contributed by atoms with E-state index in [9.17, 15) is 4.39 Å². The molecule has 2 aromatic rings. The van der Waals surface area contributed by atoms with E-state index in [0.717, 1.165) is 13.0 Å². The molecular formula is C13H14ClFN4. The minimum atomic E-state index is -0.391. The van der Waals surface area contributed by atoms with E-state index in [1.807, 2.05) is 0 Å². The lowest BCUT2D eigenvalue weighted by atomic mass is 10.3. The van der Waals surface area contributed by atoms with Gasteiger partial charge in [0.15, 0.2) is 5.82 Å². The molecule has 0 saturated heterocycles. The highest BCUT2D eigenvalue weighted by atomic mass is 35.5. The summed E-state index contributed by atoms with van der Waals surface area (Å²) < 4.78 is 13.6. The highest BCUT2D eigenvalue weighted by molar-refractivity contribution is 6.30. The van der Waals surface area contributed by atoms with Crippen molar-refractivity contribution in [1.29, 1.82) is 0 Å². The van der Waals surface area contributed by atoms with Crippen LogP contribution >= 0.6 is 11.6 Å². The number of aromatic nitrogens is 2. The van der Waals surface area contributed by atoms with Crippen LogP contribution in [0.5, 0.6) is 0 Å². The van der Waals surface area contributed by atoms with Crippen LogP contribution in [-0.2, 0) is 0 Å². The second-order valence-electron chi connectivity index (χ2n) is 3.97. The van der Waals surface area contributed by atoms with Crippen LogP contribution in [0.1, 0.15) is 13.3 Å². The molecule has 0 radical (unpaired) electrons. The van der Waals surface area contributed by atoms with Gasteiger partial charge in [0.2, 0.25) is 0 Å². The van der Waals surface area contributed by atoms with Gasteiger partial charge in [-0.25, -0.2) is 9.37 Å². The van der Waals surface area contributed by atoms with Gasteiger partial charge in [-0.1, -0.05) is 18.5 Å². The van der Waals surface area contributed by atoms with Gasteiger partial charge in [-0.15, -0.1) is 0 Å². The SMILES string of the molecule is CCCNc1cncc(Nc2cc(Cl)ccc2F)n1. The third-order valence-electron chi connectivity index (χ3n) is 2.38. The van der Waals surface area contributed by atoms with Crippen LogP contribution in [-0.4, -0.2) is 16.5 Å². The van der Waals surface area contributed by atoms with Gasteiger partial charge in [0, 0.05) is 11.6 Å². The van der Waals surface area contributed by atoms with Crippen molar-refractivity contribution in [2.75, 3.05) is 17.2 Å². The summed E-state index contributed by atoms with van der Waals surface area (Å²) in [5.74, 6) is 0.717. The van der Waals surface area contributed by atoms with E-state index in [1.54, 1.807) is 6.20 Å². The van der Waals surface area contributed by atoms with Gasteiger partial charge in [0.1, 0.15) is 11.6 Å². The average Bonchev–Trinajstić information content (AvgIpc) is 2.41. The second kappa shape index (κ2) is 6.33. The van der Waals surface area contributed by atoms with Gasteiger partial charge in [0.25, 0.3) is 0 Å². The van der Waals surface area contributed by atoms with Gasteiger partial charge < -0.3 is 10.6 Å². The van der Waals surface area contributed by atoms with Crippen molar-refractivity contribution in [2.24, 2.45) is 0 Å². The summed E-state index contributed by atoms with van der Waals surface area (Å²) in [6.07, 6.45) is 4.13. The van der Waals surface area contributed by atoms with Crippen molar-refractivity contribution in [3.63, 3.8) is 0 Å². The molecule has 0 aliphatic rings. The molecule has 0 aliphatic heterocycles. The van der Waals surface area contributed by atoms with Crippen molar-refractivity contribution in [2.45, 2.75) is 13.3 Å². The molecule has 19 heavy (non-hydrogen) atoms. The summed E-state index contributed by atoms with van der Waals surface area (Å²) in [6.45, 7) is 2.87. The molecule has 0 atom stereocenters. The first-order valence-corrected chi connectivity index (χ1v) is 6.35. The molecule has 100 valence electrons. The van der Waals surface area contributed by atoms with Gasteiger partial charge in [0.05, 0.1) is 18.1 Å². The van der Waals surface area contributed by atoms with Crippen LogP contribution in [0, 0.1) is 5.82 Å². The van der Waals surface area contributed by atoms with Crippen LogP contribution in [0.25, 0.3) is 0 Å². The number of anilines is 3. The van der Waals surface area contributed by atoms with Crippen LogP contribution < -0.4 is 10.6 Å². The molecule has 2 rings (SSSR count). The largest absolute Gasteiger partial charge is 0.369 e. The predicted octanol–water partition coefficient (Wildman–Crippen LogP) is 3.83. The Kier molecular flexibility index (Phi) is 4.52. The van der Waals surface area contributed by atoms with Crippen LogP contribution in [0.15, 0.2) is 30.6 Å². The Morgan fingerprint density at radius 1 is 1.26 bits per heavy atom. The minimum Gasteiger partial charge on any atom is -0.369 e. The topological polar surface area (TPSA) is 49.8 Å². The van der Waals surface area contributed by atoms with E-state index < -0.39 is 5.82 Å². The first-order valence-electron chi connectivity index (χ1n) is 5.97. The quantitative estimate of drug-likeness (QED) is 0.874. The third-order valence-corrected chi connectivity index (χ3v) is 2.62. The molecule has 0 spiro atoms. The molecular weight excluding hydrogens is 267 g/mol. The van der Waals surface area contributed by atoms with E-state index in [1.165, 1.54) is 24.4 Å². The standard InChI is InChI=1S/C13H14ClFN4/c1-2-5-17-12-7-16-8-13(19-12)18-11-6-9(14)3-4-10(11)15/h3-4,6-8H,2,5H2,1H3,(H2,17,18,19). The molecule has 0 aliphatic carbocycles. The Balaban J connectivity index is 2.16. The Labute approximate surface area is 116 Å². The fraction of sp³-hybridized carbons (Fsp3) is 0.231. The van der Waals surface area contributed by atoms with E-state index in [-0.39, 0.29) is 5.69 Å².